The fraction of sp³-hybridized carbons (Fsp3) is 0.455. The Balaban J connectivity index is 1.48. The van der Waals surface area contributed by atoms with Crippen molar-refractivity contribution in [2.24, 2.45) is 17.6 Å². The van der Waals surface area contributed by atoms with E-state index in [1.165, 1.54) is 11.8 Å². The molecule has 2 aromatic carbocycles. The van der Waals surface area contributed by atoms with Gasteiger partial charge in [0.25, 0.3) is 5.91 Å². The SMILES string of the molecule is CC(C)C[C@H](NC(=O)OCc1ccccc1)C(=O)NC(C)C(=O)C(=O)N1CCC(C(=O)N[C@@H](Cc2ccccc2)C(N)=O)CC1. The molecule has 12 nitrogen and oxygen atoms in total. The molecular formula is C33H43N5O7. The number of hydrogen-bond acceptors (Lipinski definition) is 7. The number of hydrogen-bond donors (Lipinski definition) is 4. The molecule has 1 saturated heterocycles. The topological polar surface area (TPSA) is 177 Å². The molecule has 0 aromatic heterocycles. The highest BCUT2D eigenvalue weighted by molar-refractivity contribution is 6.38. The fourth-order valence-electron chi connectivity index (χ4n) is 5.04. The lowest BCUT2D eigenvalue weighted by atomic mass is 9.94. The van der Waals surface area contributed by atoms with Gasteiger partial charge >= 0.3 is 6.09 Å². The zero-order chi connectivity index (χ0) is 32.9. The highest BCUT2D eigenvalue weighted by atomic mass is 16.5. The van der Waals surface area contributed by atoms with Crippen LogP contribution in [0.2, 0.25) is 0 Å². The molecule has 0 spiro atoms. The summed E-state index contributed by atoms with van der Waals surface area (Å²) < 4.78 is 5.24. The van der Waals surface area contributed by atoms with Crippen molar-refractivity contribution in [3.05, 3.63) is 71.8 Å². The number of primary amides is 1. The second kappa shape index (κ2) is 16.9. The molecule has 3 atom stereocenters. The number of nitrogens with zero attached hydrogens (tertiary/aromatic N) is 1. The van der Waals surface area contributed by atoms with Crippen molar-refractivity contribution in [2.45, 2.75) is 71.2 Å². The molecule has 1 heterocycles. The molecular weight excluding hydrogens is 578 g/mol. The third kappa shape index (κ3) is 11.0. The lowest BCUT2D eigenvalue weighted by Gasteiger charge is -2.32. The lowest BCUT2D eigenvalue weighted by Crippen LogP contribution is -2.54. The maximum absolute atomic E-state index is 13.0. The summed E-state index contributed by atoms with van der Waals surface area (Å²) >= 11 is 0. The molecule has 3 rings (SSSR count). The Morgan fingerprint density at radius 3 is 1.96 bits per heavy atom. The molecule has 12 heteroatoms. The molecule has 5 amide bonds. The fourth-order valence-corrected chi connectivity index (χ4v) is 5.04. The summed E-state index contributed by atoms with van der Waals surface area (Å²) in [4.78, 5) is 77.6. The van der Waals surface area contributed by atoms with Gasteiger partial charge in [0, 0.05) is 25.4 Å². The quantitative estimate of drug-likeness (QED) is 0.233. The van der Waals surface area contributed by atoms with Gasteiger partial charge in [0.1, 0.15) is 18.7 Å². The Morgan fingerprint density at radius 2 is 1.40 bits per heavy atom. The zero-order valence-electron chi connectivity index (χ0n) is 26.0. The van der Waals surface area contributed by atoms with Crippen molar-refractivity contribution < 1.29 is 33.5 Å². The van der Waals surface area contributed by atoms with Crippen LogP contribution in [0.25, 0.3) is 0 Å². The van der Waals surface area contributed by atoms with E-state index in [2.05, 4.69) is 16.0 Å². The number of Topliss-reactive ketones (excluding diaryl/α,β-unsaturated/α-hetero) is 1. The number of carbonyl (C=O) groups excluding carboxylic acids is 6. The maximum atomic E-state index is 13.0. The predicted molar refractivity (Wildman–Crippen MR) is 166 cm³/mol. The van der Waals surface area contributed by atoms with Gasteiger partial charge in [-0.3, -0.25) is 24.0 Å². The van der Waals surface area contributed by atoms with Crippen LogP contribution in [0.4, 0.5) is 4.79 Å². The van der Waals surface area contributed by atoms with Gasteiger partial charge in [0.05, 0.1) is 6.04 Å². The van der Waals surface area contributed by atoms with Crippen molar-refractivity contribution in [1.29, 1.82) is 0 Å². The van der Waals surface area contributed by atoms with E-state index in [1.807, 2.05) is 62.4 Å². The third-order valence-corrected chi connectivity index (χ3v) is 7.59. The molecule has 0 saturated carbocycles. The van der Waals surface area contributed by atoms with Crippen LogP contribution in [0.1, 0.15) is 51.2 Å². The van der Waals surface area contributed by atoms with Gasteiger partial charge in [-0.15, -0.1) is 0 Å². The Bertz CT molecular complexity index is 1330. The van der Waals surface area contributed by atoms with Crippen molar-refractivity contribution in [1.82, 2.24) is 20.9 Å². The summed E-state index contributed by atoms with van der Waals surface area (Å²) in [6, 6.07) is 15.3. The van der Waals surface area contributed by atoms with Crippen LogP contribution in [0.5, 0.6) is 0 Å². The summed E-state index contributed by atoms with van der Waals surface area (Å²) in [6.07, 6.45) is 0.379. The van der Waals surface area contributed by atoms with Gasteiger partial charge in [-0.2, -0.15) is 0 Å². The molecule has 1 unspecified atom stereocenters. The van der Waals surface area contributed by atoms with Crippen LogP contribution in [-0.2, 0) is 41.7 Å². The summed E-state index contributed by atoms with van der Waals surface area (Å²) in [5.41, 5.74) is 7.17. The zero-order valence-corrected chi connectivity index (χ0v) is 26.0. The molecule has 2 aromatic rings. The number of carbonyl (C=O) groups is 6. The Labute approximate surface area is 263 Å². The summed E-state index contributed by atoms with van der Waals surface area (Å²) in [5.74, 6) is -3.57. The summed E-state index contributed by atoms with van der Waals surface area (Å²) in [5, 5.41) is 7.83. The molecule has 1 aliphatic rings. The number of nitrogens with one attached hydrogen (secondary N) is 3. The summed E-state index contributed by atoms with van der Waals surface area (Å²) in [6.45, 7) is 5.54. The number of benzene rings is 2. The van der Waals surface area contributed by atoms with Crippen LogP contribution >= 0.6 is 0 Å². The predicted octanol–water partition coefficient (Wildman–Crippen LogP) is 1.85. The molecule has 0 radical (unpaired) electrons. The van der Waals surface area contributed by atoms with E-state index < -0.39 is 53.6 Å². The van der Waals surface area contributed by atoms with Gasteiger partial charge in [-0.25, -0.2) is 4.79 Å². The van der Waals surface area contributed by atoms with E-state index in [9.17, 15) is 28.8 Å². The minimum absolute atomic E-state index is 0.0316. The first-order valence-corrected chi connectivity index (χ1v) is 15.2. The number of rotatable bonds is 14. The summed E-state index contributed by atoms with van der Waals surface area (Å²) in [7, 11) is 0. The second-order valence-electron chi connectivity index (χ2n) is 11.7. The minimum atomic E-state index is -1.14. The molecule has 0 aliphatic carbocycles. The molecule has 45 heavy (non-hydrogen) atoms. The molecule has 242 valence electrons. The number of nitrogens with two attached hydrogens (primary N) is 1. The van der Waals surface area contributed by atoms with Gasteiger partial charge in [-0.1, -0.05) is 74.5 Å². The molecule has 1 aliphatic heterocycles. The number of amides is 5. The second-order valence-corrected chi connectivity index (χ2v) is 11.7. The van der Waals surface area contributed by atoms with Crippen LogP contribution < -0.4 is 21.7 Å². The highest BCUT2D eigenvalue weighted by Gasteiger charge is 2.34. The average molecular weight is 622 g/mol. The average Bonchev–Trinajstić information content (AvgIpc) is 3.03. The van der Waals surface area contributed by atoms with Gasteiger partial charge in [0.15, 0.2) is 0 Å². The van der Waals surface area contributed by atoms with Crippen LogP contribution in [0.3, 0.4) is 0 Å². The van der Waals surface area contributed by atoms with Gasteiger partial charge < -0.3 is 31.3 Å². The monoisotopic (exact) mass is 621 g/mol. The van der Waals surface area contributed by atoms with E-state index in [-0.39, 0.29) is 37.9 Å². The largest absolute Gasteiger partial charge is 0.445 e. The van der Waals surface area contributed by atoms with Crippen LogP contribution in [0.15, 0.2) is 60.7 Å². The third-order valence-electron chi connectivity index (χ3n) is 7.59. The number of piperidine rings is 1. The van der Waals surface area contributed by atoms with Crippen LogP contribution in [0, 0.1) is 11.8 Å². The van der Waals surface area contributed by atoms with E-state index in [0.717, 1.165) is 11.1 Å². The smallest absolute Gasteiger partial charge is 0.408 e. The van der Waals surface area contributed by atoms with Gasteiger partial charge in [0.2, 0.25) is 23.5 Å². The lowest BCUT2D eigenvalue weighted by molar-refractivity contribution is -0.147. The Kier molecular flexibility index (Phi) is 13.1. The first kappa shape index (κ1) is 34.7. The Morgan fingerprint density at radius 1 is 0.822 bits per heavy atom. The number of alkyl carbamates (subject to hydrolysis) is 1. The highest BCUT2D eigenvalue weighted by Crippen LogP contribution is 2.19. The minimum Gasteiger partial charge on any atom is -0.445 e. The van der Waals surface area contributed by atoms with Crippen molar-refractivity contribution in [2.75, 3.05) is 13.1 Å². The van der Waals surface area contributed by atoms with Gasteiger partial charge in [-0.05, 0) is 43.2 Å². The number of ketones is 1. The molecule has 5 N–H and O–H groups in total. The number of likely N-dealkylation sites (tertiary alicyclic amines) is 1. The van der Waals surface area contributed by atoms with E-state index in [0.29, 0.717) is 19.3 Å². The number of ether oxygens (including phenoxy) is 1. The molecule has 1 fully saturated rings. The standard InChI is InChI=1S/C33H43N5O7/c1-21(2)18-27(37-33(44)45-20-24-12-8-5-9-13-24)31(42)35-22(3)28(39)32(43)38-16-14-25(15-17-38)30(41)36-26(29(34)40)19-23-10-6-4-7-11-23/h4-13,21-22,25-27H,14-20H2,1-3H3,(H2,34,40)(H,35,42)(H,36,41)(H,37,44)/t22?,26-,27-/m0/s1. The first-order chi connectivity index (χ1) is 21.4. The Hall–Kier alpha value is -4.74. The normalized spacial score (nSPS) is 15.3. The van der Waals surface area contributed by atoms with E-state index >= 15 is 0 Å². The van der Waals surface area contributed by atoms with Crippen molar-refractivity contribution >= 4 is 35.5 Å². The van der Waals surface area contributed by atoms with Crippen molar-refractivity contribution in [3.63, 3.8) is 0 Å². The molecule has 0 bridgehead atoms. The van der Waals surface area contributed by atoms with Crippen molar-refractivity contribution in [3.8, 4) is 0 Å². The van der Waals surface area contributed by atoms with E-state index in [4.69, 9.17) is 10.5 Å². The van der Waals surface area contributed by atoms with Crippen LogP contribution in [-0.4, -0.2) is 71.6 Å². The maximum Gasteiger partial charge on any atom is 0.408 e. The van der Waals surface area contributed by atoms with E-state index in [1.54, 1.807) is 12.1 Å². The first-order valence-electron chi connectivity index (χ1n) is 15.2.